The van der Waals surface area contributed by atoms with E-state index in [1.165, 1.54) is 27.7 Å². The molecule has 0 atom stereocenters. The van der Waals surface area contributed by atoms with Crippen molar-refractivity contribution in [2.24, 2.45) is 0 Å². The van der Waals surface area contributed by atoms with Crippen LogP contribution in [0.5, 0.6) is 0 Å². The van der Waals surface area contributed by atoms with Crippen molar-refractivity contribution in [3.05, 3.63) is 64.6 Å². The normalized spacial score (nSPS) is 14.7. The van der Waals surface area contributed by atoms with E-state index in [0.717, 1.165) is 38.0 Å². The van der Waals surface area contributed by atoms with Gasteiger partial charge in [0.1, 0.15) is 0 Å². The molecule has 2 N–H and O–H groups in total. The molecule has 5 heteroatoms. The lowest BCUT2D eigenvalue weighted by Gasteiger charge is -2.24. The second-order valence-corrected chi connectivity index (χ2v) is 7.14. The molecule has 3 heterocycles. The first-order valence-corrected chi connectivity index (χ1v) is 9.16. The highest BCUT2D eigenvalue weighted by Crippen LogP contribution is 2.31. The highest BCUT2D eigenvalue weighted by molar-refractivity contribution is 5.86. The maximum Gasteiger partial charge on any atom is 0.0852 e. The van der Waals surface area contributed by atoms with Crippen LogP contribution in [0.15, 0.2) is 36.5 Å². The molecule has 0 unspecified atom stereocenters. The van der Waals surface area contributed by atoms with Crippen molar-refractivity contribution < 1.29 is 10.2 Å². The van der Waals surface area contributed by atoms with Gasteiger partial charge in [-0.3, -0.25) is 4.98 Å². The van der Waals surface area contributed by atoms with Gasteiger partial charge >= 0.3 is 0 Å². The van der Waals surface area contributed by atoms with Gasteiger partial charge < -0.3 is 19.7 Å². The molecule has 0 amide bonds. The van der Waals surface area contributed by atoms with E-state index in [0.29, 0.717) is 5.69 Å². The predicted octanol–water partition coefficient (Wildman–Crippen LogP) is 2.25. The molecule has 3 aromatic rings. The van der Waals surface area contributed by atoms with E-state index in [-0.39, 0.29) is 13.2 Å². The van der Waals surface area contributed by atoms with Crippen LogP contribution in [0.4, 0.5) is 0 Å². The Hall–Kier alpha value is -2.21. The van der Waals surface area contributed by atoms with Crippen molar-refractivity contribution in [1.29, 1.82) is 0 Å². The number of nitrogens with zero attached hydrogens (tertiary/aromatic N) is 3. The predicted molar refractivity (Wildman–Crippen MR) is 102 cm³/mol. The van der Waals surface area contributed by atoms with E-state index in [4.69, 9.17) is 5.11 Å². The Morgan fingerprint density at radius 1 is 1.08 bits per heavy atom. The van der Waals surface area contributed by atoms with Crippen LogP contribution in [0.25, 0.3) is 10.9 Å². The number of hydrogen-bond donors (Lipinski definition) is 2. The quantitative estimate of drug-likeness (QED) is 0.740. The molecule has 0 saturated carbocycles. The van der Waals surface area contributed by atoms with Gasteiger partial charge in [-0.1, -0.05) is 12.1 Å². The maximum atomic E-state index is 9.51. The summed E-state index contributed by atoms with van der Waals surface area (Å²) in [7, 11) is 2.16. The molecule has 136 valence electrons. The number of hydrogen-bond acceptors (Lipinski definition) is 4. The number of rotatable bonds is 5. The molecule has 0 saturated heterocycles. The van der Waals surface area contributed by atoms with Crippen molar-refractivity contribution in [3.63, 3.8) is 0 Å². The Morgan fingerprint density at radius 3 is 2.65 bits per heavy atom. The number of aliphatic hydroxyl groups is 2. The van der Waals surface area contributed by atoms with Crippen molar-refractivity contribution in [2.45, 2.75) is 39.1 Å². The monoisotopic (exact) mass is 351 g/mol. The molecule has 1 aliphatic rings. The van der Waals surface area contributed by atoms with Gasteiger partial charge in [-0.25, -0.2) is 0 Å². The van der Waals surface area contributed by atoms with Crippen molar-refractivity contribution in [3.8, 4) is 0 Å². The SMILES string of the molecule is CN1CCc2c(c3cc(CO)ccc3n2CCc2ccc(CO)nc2)C1. The molecule has 0 bridgehead atoms. The van der Waals surface area contributed by atoms with E-state index in [2.05, 4.69) is 33.6 Å². The van der Waals surface area contributed by atoms with Crippen LogP contribution in [0.2, 0.25) is 0 Å². The third-order valence-corrected chi connectivity index (χ3v) is 5.36. The minimum atomic E-state index is -0.0171. The summed E-state index contributed by atoms with van der Waals surface area (Å²) in [4.78, 5) is 6.64. The van der Waals surface area contributed by atoms with Gasteiger partial charge in [0.25, 0.3) is 0 Å². The molecule has 0 aliphatic carbocycles. The Kier molecular flexibility index (Phi) is 4.76. The third kappa shape index (κ3) is 3.14. The van der Waals surface area contributed by atoms with Crippen LogP contribution in [-0.2, 0) is 39.1 Å². The summed E-state index contributed by atoms with van der Waals surface area (Å²) in [5, 5.41) is 19.9. The fraction of sp³-hybridized carbons (Fsp3) is 0.381. The van der Waals surface area contributed by atoms with Crippen LogP contribution in [0, 0.1) is 0 Å². The molecule has 0 radical (unpaired) electrons. The van der Waals surface area contributed by atoms with Crippen molar-refractivity contribution in [2.75, 3.05) is 13.6 Å². The summed E-state index contributed by atoms with van der Waals surface area (Å²) in [5.74, 6) is 0. The fourth-order valence-electron chi connectivity index (χ4n) is 3.92. The van der Waals surface area contributed by atoms with E-state index < -0.39 is 0 Å². The zero-order chi connectivity index (χ0) is 18.1. The first-order chi connectivity index (χ1) is 12.7. The lowest BCUT2D eigenvalue weighted by molar-refractivity contribution is 0.277. The summed E-state index contributed by atoms with van der Waals surface area (Å²) in [6.45, 7) is 3.00. The summed E-state index contributed by atoms with van der Waals surface area (Å²) in [6.07, 6.45) is 3.82. The number of fused-ring (bicyclic) bond motifs is 3. The van der Waals surface area contributed by atoms with Gasteiger partial charge in [0.2, 0.25) is 0 Å². The largest absolute Gasteiger partial charge is 0.392 e. The van der Waals surface area contributed by atoms with Gasteiger partial charge in [-0.15, -0.1) is 0 Å². The molecule has 4 rings (SSSR count). The van der Waals surface area contributed by atoms with Crippen LogP contribution < -0.4 is 0 Å². The standard InChI is InChI=1S/C21H25N3O2/c1-23-8-7-21-19(12-23)18-10-16(13-25)3-5-20(18)24(21)9-6-15-2-4-17(14-26)22-11-15/h2-5,10-11,25-26H,6-9,12-14H2,1H3. The lowest BCUT2D eigenvalue weighted by Crippen LogP contribution is -2.27. The zero-order valence-electron chi connectivity index (χ0n) is 15.1. The molecule has 0 spiro atoms. The topological polar surface area (TPSA) is 61.5 Å². The highest BCUT2D eigenvalue weighted by atomic mass is 16.3. The van der Waals surface area contributed by atoms with Gasteiger partial charge in [-0.05, 0) is 48.4 Å². The lowest BCUT2D eigenvalue weighted by atomic mass is 10.0. The molecule has 5 nitrogen and oxygen atoms in total. The fourth-order valence-corrected chi connectivity index (χ4v) is 3.92. The zero-order valence-corrected chi connectivity index (χ0v) is 15.1. The average Bonchev–Trinajstić information content (AvgIpc) is 2.99. The highest BCUT2D eigenvalue weighted by Gasteiger charge is 2.22. The van der Waals surface area contributed by atoms with Gasteiger partial charge in [0.15, 0.2) is 0 Å². The van der Waals surface area contributed by atoms with Crippen molar-refractivity contribution in [1.82, 2.24) is 14.5 Å². The Balaban J connectivity index is 1.69. The van der Waals surface area contributed by atoms with Crippen LogP contribution in [-0.4, -0.2) is 38.3 Å². The van der Waals surface area contributed by atoms with Crippen LogP contribution in [0.1, 0.15) is 28.1 Å². The number of benzene rings is 1. The second kappa shape index (κ2) is 7.19. The summed E-state index contributed by atoms with van der Waals surface area (Å²) < 4.78 is 2.44. The minimum absolute atomic E-state index is 0.0171. The van der Waals surface area contributed by atoms with Gasteiger partial charge in [0, 0.05) is 48.8 Å². The number of pyridine rings is 1. The number of aliphatic hydroxyl groups excluding tert-OH is 2. The third-order valence-electron chi connectivity index (χ3n) is 5.36. The summed E-state index contributed by atoms with van der Waals surface area (Å²) >= 11 is 0. The van der Waals surface area contributed by atoms with E-state index >= 15 is 0 Å². The molecule has 26 heavy (non-hydrogen) atoms. The molecule has 1 aromatic carbocycles. The average molecular weight is 351 g/mol. The Morgan fingerprint density at radius 2 is 1.92 bits per heavy atom. The van der Waals surface area contributed by atoms with Crippen LogP contribution >= 0.6 is 0 Å². The number of aromatic nitrogens is 2. The first-order valence-electron chi connectivity index (χ1n) is 9.16. The van der Waals surface area contributed by atoms with Gasteiger partial charge in [0.05, 0.1) is 18.9 Å². The summed E-state index contributed by atoms with van der Waals surface area (Å²) in [5.41, 5.74) is 6.93. The van der Waals surface area contributed by atoms with Crippen LogP contribution in [0.3, 0.4) is 0 Å². The smallest absolute Gasteiger partial charge is 0.0852 e. The summed E-state index contributed by atoms with van der Waals surface area (Å²) in [6, 6.07) is 10.2. The molecule has 2 aromatic heterocycles. The van der Waals surface area contributed by atoms with Crippen molar-refractivity contribution >= 4 is 10.9 Å². The minimum Gasteiger partial charge on any atom is -0.392 e. The van der Waals surface area contributed by atoms with E-state index in [9.17, 15) is 5.11 Å². The second-order valence-electron chi connectivity index (χ2n) is 7.14. The Labute approximate surface area is 153 Å². The maximum absolute atomic E-state index is 9.51. The molecular weight excluding hydrogens is 326 g/mol. The first kappa shape index (κ1) is 17.2. The van der Waals surface area contributed by atoms with Gasteiger partial charge in [-0.2, -0.15) is 0 Å². The molecule has 0 fully saturated rings. The molecular formula is C21H25N3O2. The Bertz CT molecular complexity index is 915. The van der Waals surface area contributed by atoms with E-state index in [1.807, 2.05) is 24.4 Å². The number of likely N-dealkylation sites (N-methyl/N-ethyl adjacent to an activating group) is 1. The molecule has 1 aliphatic heterocycles. The number of aryl methyl sites for hydroxylation is 2. The van der Waals surface area contributed by atoms with E-state index in [1.54, 1.807) is 0 Å².